The van der Waals surface area contributed by atoms with Crippen LogP contribution < -0.4 is 11.2 Å². The number of aliphatic imine (C=N–C) groups is 1. The first-order valence-corrected chi connectivity index (χ1v) is 4.50. The second-order valence-electron chi connectivity index (χ2n) is 2.18. The van der Waals surface area contributed by atoms with Crippen LogP contribution in [0.3, 0.4) is 0 Å². The van der Waals surface area contributed by atoms with E-state index in [4.69, 9.17) is 22.5 Å². The molecule has 6 heteroatoms. The van der Waals surface area contributed by atoms with E-state index >= 15 is 0 Å². The fourth-order valence-electron chi connectivity index (χ4n) is 0.734. The minimum absolute atomic E-state index is 0.0945. The van der Waals surface area contributed by atoms with Crippen LogP contribution in [0.5, 0.6) is 0 Å². The minimum Gasteiger partial charge on any atom is -0.368 e. The van der Waals surface area contributed by atoms with Crippen LogP contribution >= 0.6 is 27.5 Å². The zero-order valence-electron chi connectivity index (χ0n) is 6.46. The van der Waals surface area contributed by atoms with Crippen LogP contribution in [0.15, 0.2) is 27.7 Å². The lowest BCUT2D eigenvalue weighted by Gasteiger charge is -2.01. The molecule has 0 aliphatic rings. The van der Waals surface area contributed by atoms with Crippen LogP contribution in [0.4, 0.5) is 5.69 Å². The van der Waals surface area contributed by atoms with Crippen LogP contribution in [0.1, 0.15) is 0 Å². The Morgan fingerprint density at radius 2 is 2.31 bits per heavy atom. The first-order valence-electron chi connectivity index (χ1n) is 3.33. The Kier molecular flexibility index (Phi) is 3.53. The Morgan fingerprint density at radius 3 is 2.92 bits per heavy atom. The van der Waals surface area contributed by atoms with Gasteiger partial charge in [-0.2, -0.15) is 0 Å². The van der Waals surface area contributed by atoms with Crippen molar-refractivity contribution in [3.8, 4) is 0 Å². The fourth-order valence-corrected chi connectivity index (χ4v) is 1.26. The molecule has 0 saturated heterocycles. The van der Waals surface area contributed by atoms with Crippen molar-refractivity contribution in [2.24, 2.45) is 10.7 Å². The van der Waals surface area contributed by atoms with Crippen molar-refractivity contribution in [1.29, 1.82) is 0 Å². The summed E-state index contributed by atoms with van der Waals surface area (Å²) in [4.78, 5) is 3.84. The molecule has 13 heavy (non-hydrogen) atoms. The first kappa shape index (κ1) is 10.3. The van der Waals surface area contributed by atoms with E-state index in [9.17, 15) is 0 Å². The summed E-state index contributed by atoms with van der Waals surface area (Å²) in [7, 11) is 0. The molecule has 0 bridgehead atoms. The molecule has 0 spiro atoms. The number of hydrogen-bond acceptors (Lipinski definition) is 2. The molecule has 70 valence electrons. The molecule has 4 nitrogen and oxygen atoms in total. The molecule has 0 aliphatic carbocycles. The fraction of sp³-hybridized carbons (Fsp3) is 0. The van der Waals surface area contributed by atoms with E-state index in [0.29, 0.717) is 15.2 Å². The maximum Gasteiger partial charge on any atom is 0.218 e. The van der Waals surface area contributed by atoms with E-state index in [2.05, 4.69) is 20.9 Å². The molecule has 0 aliphatic heterocycles. The number of nitrogens with zero attached hydrogens (tertiary/aromatic N) is 1. The van der Waals surface area contributed by atoms with E-state index < -0.39 is 0 Å². The molecule has 0 fully saturated rings. The van der Waals surface area contributed by atoms with Crippen molar-refractivity contribution in [3.63, 3.8) is 0 Å². The van der Waals surface area contributed by atoms with Gasteiger partial charge >= 0.3 is 0 Å². The Morgan fingerprint density at radius 1 is 1.62 bits per heavy atom. The van der Waals surface area contributed by atoms with Crippen LogP contribution in [0.25, 0.3) is 0 Å². The highest BCUT2D eigenvalue weighted by atomic mass is 79.9. The van der Waals surface area contributed by atoms with Crippen LogP contribution in [-0.4, -0.2) is 11.2 Å². The van der Waals surface area contributed by atoms with Crippen molar-refractivity contribution >= 4 is 39.2 Å². The lowest BCUT2D eigenvalue weighted by molar-refractivity contribution is 0.233. The van der Waals surface area contributed by atoms with Crippen molar-refractivity contribution in [2.75, 3.05) is 0 Å². The van der Waals surface area contributed by atoms with Gasteiger partial charge in [-0.15, -0.1) is 0 Å². The Hall–Kier alpha value is -0.780. The van der Waals surface area contributed by atoms with E-state index in [0.717, 1.165) is 0 Å². The highest BCUT2D eigenvalue weighted by Crippen LogP contribution is 2.31. The third-order valence-electron chi connectivity index (χ3n) is 1.29. The maximum atomic E-state index is 8.40. The molecule has 0 aromatic heterocycles. The average molecular weight is 265 g/mol. The molecule has 1 aromatic carbocycles. The number of guanidine groups is 1. The van der Waals surface area contributed by atoms with Crippen LogP contribution in [0.2, 0.25) is 5.02 Å². The molecule has 0 radical (unpaired) electrons. The Labute approximate surface area is 88.5 Å². The molecule has 4 N–H and O–H groups in total. The van der Waals surface area contributed by atoms with Gasteiger partial charge < -0.3 is 5.73 Å². The van der Waals surface area contributed by atoms with Crippen LogP contribution in [0, 0.1) is 0 Å². The summed E-state index contributed by atoms with van der Waals surface area (Å²) in [6.07, 6.45) is 0. The number of hydroxylamine groups is 1. The van der Waals surface area contributed by atoms with Gasteiger partial charge in [-0.1, -0.05) is 17.7 Å². The summed E-state index contributed by atoms with van der Waals surface area (Å²) < 4.78 is 0.634. The number of nitrogens with one attached hydrogen (secondary N) is 1. The minimum atomic E-state index is -0.0945. The maximum absolute atomic E-state index is 8.40. The Bertz CT molecular complexity index is 343. The molecule has 0 atom stereocenters. The van der Waals surface area contributed by atoms with Gasteiger partial charge in [0.25, 0.3) is 0 Å². The van der Waals surface area contributed by atoms with Crippen molar-refractivity contribution in [1.82, 2.24) is 5.48 Å². The van der Waals surface area contributed by atoms with E-state index in [-0.39, 0.29) is 5.96 Å². The number of halogens is 2. The lowest BCUT2D eigenvalue weighted by Crippen LogP contribution is -2.27. The monoisotopic (exact) mass is 263 g/mol. The molecule has 0 heterocycles. The highest BCUT2D eigenvalue weighted by Gasteiger charge is 2.02. The summed E-state index contributed by atoms with van der Waals surface area (Å²) >= 11 is 9.03. The highest BCUT2D eigenvalue weighted by molar-refractivity contribution is 9.10. The number of rotatable bonds is 1. The average Bonchev–Trinajstić information content (AvgIpc) is 2.13. The van der Waals surface area contributed by atoms with Crippen molar-refractivity contribution in [3.05, 3.63) is 27.7 Å². The molecule has 1 rings (SSSR count). The second-order valence-corrected chi connectivity index (χ2v) is 3.38. The molecular weight excluding hydrogens is 257 g/mol. The largest absolute Gasteiger partial charge is 0.368 e. The van der Waals surface area contributed by atoms with Gasteiger partial charge in [0, 0.05) is 0 Å². The number of nitrogens with two attached hydrogens (primary N) is 1. The molecule has 0 saturated carbocycles. The summed E-state index contributed by atoms with van der Waals surface area (Å²) in [5, 5.41) is 8.94. The van der Waals surface area contributed by atoms with Gasteiger partial charge in [0.15, 0.2) is 0 Å². The normalized spacial score (nSPS) is 11.5. The van der Waals surface area contributed by atoms with Crippen molar-refractivity contribution < 1.29 is 5.21 Å². The molecule has 1 aromatic rings. The van der Waals surface area contributed by atoms with Gasteiger partial charge in [-0.3, -0.25) is 5.21 Å². The summed E-state index contributed by atoms with van der Waals surface area (Å²) in [5.41, 5.74) is 7.52. The number of hydrogen-bond donors (Lipinski definition) is 3. The third-order valence-corrected chi connectivity index (χ3v) is 2.66. The van der Waals surface area contributed by atoms with Gasteiger partial charge in [0.05, 0.1) is 15.2 Å². The predicted octanol–water partition coefficient (Wildman–Crippen LogP) is 2.03. The summed E-state index contributed by atoms with van der Waals surface area (Å²) in [5.74, 6) is -0.0945. The first-order chi connectivity index (χ1) is 6.15. The summed E-state index contributed by atoms with van der Waals surface area (Å²) in [6, 6.07) is 5.16. The molecule has 0 amide bonds. The third kappa shape index (κ3) is 2.58. The zero-order valence-corrected chi connectivity index (χ0v) is 8.80. The smallest absolute Gasteiger partial charge is 0.218 e. The van der Waals surface area contributed by atoms with Gasteiger partial charge in [-0.25, -0.2) is 10.5 Å². The van der Waals surface area contributed by atoms with E-state index in [1.165, 1.54) is 0 Å². The Balaban J connectivity index is 3.09. The summed E-state index contributed by atoms with van der Waals surface area (Å²) in [6.45, 7) is 0. The van der Waals surface area contributed by atoms with Gasteiger partial charge in [-0.05, 0) is 28.1 Å². The van der Waals surface area contributed by atoms with Crippen molar-refractivity contribution in [2.45, 2.75) is 0 Å². The number of benzene rings is 1. The zero-order chi connectivity index (χ0) is 9.84. The standard InChI is InChI=1S/C7H7BrClN3O/c8-6-4(9)2-1-3-5(6)11-7(10)12-13/h1-3,13H,(H3,10,11,12). The van der Waals surface area contributed by atoms with E-state index in [1.807, 2.05) is 0 Å². The van der Waals surface area contributed by atoms with Gasteiger partial charge in [0.1, 0.15) is 0 Å². The van der Waals surface area contributed by atoms with Gasteiger partial charge in [0.2, 0.25) is 5.96 Å². The quantitative estimate of drug-likeness (QED) is 0.413. The van der Waals surface area contributed by atoms with Crippen LogP contribution in [-0.2, 0) is 0 Å². The topological polar surface area (TPSA) is 70.6 Å². The molecule has 0 unspecified atom stereocenters. The molecular formula is C7H7BrClN3O. The van der Waals surface area contributed by atoms with E-state index in [1.54, 1.807) is 23.7 Å². The lowest BCUT2D eigenvalue weighted by atomic mass is 10.3. The second kappa shape index (κ2) is 4.45. The predicted molar refractivity (Wildman–Crippen MR) is 55.4 cm³/mol. The SMILES string of the molecule is NC(=Nc1cccc(Cl)c1Br)NO.